The van der Waals surface area contributed by atoms with Crippen LogP contribution in [0, 0.1) is 0 Å². The van der Waals surface area contributed by atoms with Crippen LogP contribution >= 0.6 is 0 Å². The molecule has 7 atom stereocenters. The SMILES string of the molecule is CCC/C=C/CC/C=C/C(O)C(COC1OC(CO)C(O)C(O)C1O)NC(=O)CCCCCCCCCCCCCCCCCCCCCCCCCCCCCCCCC. The fourth-order valence-electron chi connectivity index (χ4n) is 8.36. The Kier molecular flexibility index (Phi) is 40.3. The van der Waals surface area contributed by atoms with Crippen LogP contribution in [0.15, 0.2) is 24.3 Å². The van der Waals surface area contributed by atoms with Crippen LogP contribution in [0.1, 0.15) is 245 Å². The number of hydrogen-bond acceptors (Lipinski definition) is 8. The fourth-order valence-corrected chi connectivity index (χ4v) is 8.36. The van der Waals surface area contributed by atoms with Gasteiger partial charge in [-0.25, -0.2) is 0 Å². The number of ether oxygens (including phenoxy) is 2. The summed E-state index contributed by atoms with van der Waals surface area (Å²) < 4.78 is 11.1. The summed E-state index contributed by atoms with van der Waals surface area (Å²) in [6.45, 7) is 3.66. The Balaban J connectivity index is 2.04. The van der Waals surface area contributed by atoms with E-state index in [0.29, 0.717) is 6.42 Å². The van der Waals surface area contributed by atoms with Gasteiger partial charge in [0.1, 0.15) is 24.4 Å². The van der Waals surface area contributed by atoms with E-state index in [9.17, 15) is 30.3 Å². The fraction of sp³-hybridized carbons (Fsp3) is 0.904. The number of hydrogen-bond donors (Lipinski definition) is 6. The van der Waals surface area contributed by atoms with E-state index in [-0.39, 0.29) is 12.5 Å². The number of nitrogens with one attached hydrogen (secondary N) is 1. The predicted octanol–water partition coefficient (Wildman–Crippen LogP) is 11.8. The third-order valence-corrected chi connectivity index (χ3v) is 12.5. The van der Waals surface area contributed by atoms with E-state index in [1.807, 2.05) is 6.08 Å². The summed E-state index contributed by atoms with van der Waals surface area (Å²) in [6.07, 6.45) is 45.9. The van der Waals surface area contributed by atoms with Gasteiger partial charge < -0.3 is 40.3 Å². The van der Waals surface area contributed by atoms with Gasteiger partial charge >= 0.3 is 0 Å². The van der Waals surface area contributed by atoms with Crippen molar-refractivity contribution in [3.8, 4) is 0 Å². The summed E-state index contributed by atoms with van der Waals surface area (Å²) >= 11 is 0. The third kappa shape index (κ3) is 32.9. The lowest BCUT2D eigenvalue weighted by molar-refractivity contribution is -0.302. The number of carbonyl (C=O) groups is 1. The van der Waals surface area contributed by atoms with Crippen molar-refractivity contribution in [3.05, 3.63) is 24.3 Å². The first-order valence-electron chi connectivity index (χ1n) is 26.1. The van der Waals surface area contributed by atoms with Crippen molar-refractivity contribution in [2.45, 2.75) is 288 Å². The summed E-state index contributed by atoms with van der Waals surface area (Å²) in [5, 5.41) is 53.9. The number of carbonyl (C=O) groups excluding carboxylic acids is 1. The van der Waals surface area contributed by atoms with Crippen LogP contribution in [0.3, 0.4) is 0 Å². The number of amides is 1. The van der Waals surface area contributed by atoms with Crippen molar-refractivity contribution in [2.75, 3.05) is 13.2 Å². The quantitative estimate of drug-likeness (QED) is 0.0262. The van der Waals surface area contributed by atoms with Crippen molar-refractivity contribution < 1.29 is 39.8 Å². The maximum atomic E-state index is 12.9. The molecule has 1 aliphatic heterocycles. The molecule has 0 saturated carbocycles. The minimum Gasteiger partial charge on any atom is -0.394 e. The normalized spacial score (nSPS) is 20.5. The van der Waals surface area contributed by atoms with Crippen LogP contribution in [-0.4, -0.2) is 87.5 Å². The smallest absolute Gasteiger partial charge is 0.220 e. The van der Waals surface area contributed by atoms with Crippen molar-refractivity contribution >= 4 is 5.91 Å². The molecule has 1 aliphatic rings. The lowest BCUT2D eigenvalue weighted by Gasteiger charge is -2.40. The van der Waals surface area contributed by atoms with E-state index in [2.05, 4.69) is 31.3 Å². The summed E-state index contributed by atoms with van der Waals surface area (Å²) in [4.78, 5) is 12.9. The van der Waals surface area contributed by atoms with E-state index in [1.165, 1.54) is 180 Å². The van der Waals surface area contributed by atoms with Crippen LogP contribution in [0.25, 0.3) is 0 Å². The van der Waals surface area contributed by atoms with Gasteiger partial charge in [0.05, 0.1) is 25.4 Å². The molecule has 1 heterocycles. The van der Waals surface area contributed by atoms with Crippen LogP contribution in [-0.2, 0) is 14.3 Å². The van der Waals surface area contributed by atoms with Gasteiger partial charge in [0.15, 0.2) is 6.29 Å². The molecule has 1 fully saturated rings. The molecular formula is C52H99NO8. The Morgan fingerprint density at radius 1 is 0.541 bits per heavy atom. The van der Waals surface area contributed by atoms with Gasteiger partial charge in [-0.2, -0.15) is 0 Å². The van der Waals surface area contributed by atoms with Gasteiger partial charge in [-0.1, -0.05) is 237 Å². The van der Waals surface area contributed by atoms with Crippen LogP contribution < -0.4 is 5.32 Å². The highest BCUT2D eigenvalue weighted by Crippen LogP contribution is 2.23. The van der Waals surface area contributed by atoms with Gasteiger partial charge in [-0.15, -0.1) is 0 Å². The lowest BCUT2D eigenvalue weighted by Crippen LogP contribution is -2.60. The molecule has 1 rings (SSSR count). The summed E-state index contributed by atoms with van der Waals surface area (Å²) in [5.74, 6) is -0.187. The molecule has 61 heavy (non-hydrogen) atoms. The van der Waals surface area contributed by atoms with Gasteiger partial charge in [0.25, 0.3) is 0 Å². The lowest BCUT2D eigenvalue weighted by atomic mass is 9.99. The summed E-state index contributed by atoms with van der Waals surface area (Å²) in [5.41, 5.74) is 0. The molecule has 0 radical (unpaired) electrons. The minimum atomic E-state index is -1.57. The molecule has 0 aromatic carbocycles. The zero-order valence-electron chi connectivity index (χ0n) is 39.7. The average Bonchev–Trinajstić information content (AvgIpc) is 3.26. The number of aliphatic hydroxyl groups excluding tert-OH is 5. The van der Waals surface area contributed by atoms with Crippen LogP contribution in [0.4, 0.5) is 0 Å². The van der Waals surface area contributed by atoms with Crippen molar-refractivity contribution in [3.63, 3.8) is 0 Å². The molecule has 1 amide bonds. The zero-order chi connectivity index (χ0) is 44.4. The number of rotatable bonds is 44. The Bertz CT molecular complexity index is 1010. The van der Waals surface area contributed by atoms with E-state index >= 15 is 0 Å². The molecule has 0 aromatic rings. The second kappa shape index (κ2) is 42.6. The van der Waals surface area contributed by atoms with Crippen LogP contribution in [0.2, 0.25) is 0 Å². The summed E-state index contributed by atoms with van der Waals surface area (Å²) in [7, 11) is 0. The molecule has 9 nitrogen and oxygen atoms in total. The molecule has 0 spiro atoms. The van der Waals surface area contributed by atoms with E-state index in [1.54, 1.807) is 6.08 Å². The molecular weight excluding hydrogens is 767 g/mol. The molecule has 360 valence electrons. The largest absolute Gasteiger partial charge is 0.394 e. The predicted molar refractivity (Wildman–Crippen MR) is 253 cm³/mol. The zero-order valence-corrected chi connectivity index (χ0v) is 39.7. The van der Waals surface area contributed by atoms with Crippen molar-refractivity contribution in [1.82, 2.24) is 5.32 Å². The molecule has 0 aliphatic carbocycles. The topological polar surface area (TPSA) is 149 Å². The maximum Gasteiger partial charge on any atom is 0.220 e. The highest BCUT2D eigenvalue weighted by Gasteiger charge is 2.44. The van der Waals surface area contributed by atoms with Gasteiger partial charge in [0, 0.05) is 6.42 Å². The third-order valence-electron chi connectivity index (χ3n) is 12.5. The Morgan fingerprint density at radius 2 is 0.934 bits per heavy atom. The van der Waals surface area contributed by atoms with E-state index in [0.717, 1.165) is 44.9 Å². The minimum absolute atomic E-state index is 0.187. The average molecular weight is 866 g/mol. The second-order valence-electron chi connectivity index (χ2n) is 18.3. The molecule has 1 saturated heterocycles. The number of aliphatic hydroxyl groups is 5. The van der Waals surface area contributed by atoms with E-state index < -0.39 is 49.5 Å². The van der Waals surface area contributed by atoms with Gasteiger partial charge in [-0.05, 0) is 25.7 Å². The second-order valence-corrected chi connectivity index (χ2v) is 18.3. The molecule has 9 heteroatoms. The number of allylic oxidation sites excluding steroid dienone is 3. The van der Waals surface area contributed by atoms with E-state index in [4.69, 9.17) is 9.47 Å². The Hall–Kier alpha value is -1.33. The summed E-state index contributed by atoms with van der Waals surface area (Å²) in [6, 6.07) is -0.815. The standard InChI is InChI=1S/C52H99NO8/c1-3-5-7-9-11-12-13-14-15-16-17-18-19-20-21-22-23-24-25-26-27-28-29-30-31-32-33-34-36-38-40-42-48(56)53-45(46(55)41-39-37-35-10-8-6-4-2)44-60-52-51(59)50(58)49(57)47(43-54)61-52/h8,10,39,41,45-47,49-52,54-55,57-59H,3-7,9,11-38,40,42-44H2,1-2H3,(H,53,56)/b10-8+,41-39+. The van der Waals surface area contributed by atoms with Gasteiger partial charge in [0.2, 0.25) is 5.91 Å². The van der Waals surface area contributed by atoms with Crippen molar-refractivity contribution in [1.29, 1.82) is 0 Å². The molecule has 0 aromatic heterocycles. The highest BCUT2D eigenvalue weighted by atomic mass is 16.7. The Morgan fingerprint density at radius 3 is 1.34 bits per heavy atom. The van der Waals surface area contributed by atoms with Crippen molar-refractivity contribution in [2.24, 2.45) is 0 Å². The van der Waals surface area contributed by atoms with Gasteiger partial charge in [-0.3, -0.25) is 4.79 Å². The monoisotopic (exact) mass is 866 g/mol. The highest BCUT2D eigenvalue weighted by molar-refractivity contribution is 5.76. The molecule has 7 unspecified atom stereocenters. The number of unbranched alkanes of at least 4 members (excludes halogenated alkanes) is 32. The first-order chi connectivity index (χ1) is 29.8. The first kappa shape index (κ1) is 57.7. The first-order valence-corrected chi connectivity index (χ1v) is 26.1. The van der Waals surface area contributed by atoms with Crippen LogP contribution in [0.5, 0.6) is 0 Å². The molecule has 0 bridgehead atoms. The Labute approximate surface area is 375 Å². The molecule has 6 N–H and O–H groups in total. The maximum absolute atomic E-state index is 12.9.